The highest BCUT2D eigenvalue weighted by molar-refractivity contribution is 9.10. The summed E-state index contributed by atoms with van der Waals surface area (Å²) in [4.78, 5) is 27.9. The largest absolute Gasteiger partial charge is 0.354 e. The molecule has 0 heterocycles. The molecule has 0 bridgehead atoms. The molecule has 0 spiro atoms. The summed E-state index contributed by atoms with van der Waals surface area (Å²) < 4.78 is 27.7. The van der Waals surface area contributed by atoms with E-state index in [-0.39, 0.29) is 12.5 Å². The Morgan fingerprint density at radius 1 is 1.03 bits per heavy atom. The zero-order valence-electron chi connectivity index (χ0n) is 20.1. The fourth-order valence-electron chi connectivity index (χ4n) is 3.83. The molecule has 0 aliphatic carbocycles. The molecule has 3 rings (SSSR count). The van der Waals surface area contributed by atoms with Gasteiger partial charge in [-0.2, -0.15) is 0 Å². The van der Waals surface area contributed by atoms with Crippen LogP contribution in [0.4, 0.5) is 5.69 Å². The first-order chi connectivity index (χ1) is 16.6. The number of hydrogen-bond acceptors (Lipinski definition) is 4. The third-order valence-electron chi connectivity index (χ3n) is 5.67. The summed E-state index contributed by atoms with van der Waals surface area (Å²) in [6, 6.07) is 19.4. The molecule has 35 heavy (non-hydrogen) atoms. The molecule has 3 aromatic rings. The van der Waals surface area contributed by atoms with E-state index in [1.54, 1.807) is 19.1 Å². The number of benzene rings is 3. The molecule has 186 valence electrons. The van der Waals surface area contributed by atoms with E-state index in [0.29, 0.717) is 12.2 Å². The predicted molar refractivity (Wildman–Crippen MR) is 144 cm³/mol. The second kappa shape index (κ2) is 11.7. The number of carbonyl (C=O) groups is 2. The van der Waals surface area contributed by atoms with Crippen molar-refractivity contribution in [3.63, 3.8) is 0 Å². The summed E-state index contributed by atoms with van der Waals surface area (Å²) in [6.07, 6.45) is 1.85. The lowest BCUT2D eigenvalue weighted by Gasteiger charge is -2.31. The van der Waals surface area contributed by atoms with Crippen molar-refractivity contribution in [2.75, 3.05) is 23.7 Å². The van der Waals surface area contributed by atoms with E-state index in [9.17, 15) is 18.0 Å². The topological polar surface area (TPSA) is 86.8 Å². The highest BCUT2D eigenvalue weighted by Crippen LogP contribution is 2.28. The molecule has 7 nitrogen and oxygen atoms in total. The van der Waals surface area contributed by atoms with Crippen LogP contribution in [0.2, 0.25) is 0 Å². The smallest absolute Gasteiger partial charge is 0.244 e. The minimum Gasteiger partial charge on any atom is -0.354 e. The van der Waals surface area contributed by atoms with Crippen LogP contribution in [0.15, 0.2) is 71.2 Å². The van der Waals surface area contributed by atoms with Crippen molar-refractivity contribution >= 4 is 54.2 Å². The summed E-state index contributed by atoms with van der Waals surface area (Å²) in [7, 11) is -3.80. The average Bonchev–Trinajstić information content (AvgIpc) is 2.83. The van der Waals surface area contributed by atoms with Crippen LogP contribution in [-0.2, 0) is 26.2 Å². The lowest BCUT2D eigenvalue weighted by atomic mass is 10.1. The van der Waals surface area contributed by atoms with Crippen LogP contribution >= 0.6 is 15.9 Å². The standard InChI is InChI=1S/C26H30BrN3O4S/c1-4-15-28-26(32)19(2)29(17-20-9-7-12-22(27)16-20)25(31)18-30(35(3,33)34)24-14-8-11-21-10-5-6-13-23(21)24/h5-14,16,19H,4,15,17-18H2,1-3H3,(H,28,32)/t19-/m1/s1. The zero-order chi connectivity index (χ0) is 25.6. The molecule has 1 atom stereocenters. The molecule has 1 N–H and O–H groups in total. The van der Waals surface area contributed by atoms with Gasteiger partial charge in [-0.15, -0.1) is 0 Å². The number of hydrogen-bond donors (Lipinski definition) is 1. The Bertz CT molecular complexity index is 1310. The Morgan fingerprint density at radius 3 is 2.40 bits per heavy atom. The zero-order valence-corrected chi connectivity index (χ0v) is 22.5. The van der Waals surface area contributed by atoms with Crippen LogP contribution in [0.25, 0.3) is 10.8 Å². The van der Waals surface area contributed by atoms with Crippen molar-refractivity contribution in [3.8, 4) is 0 Å². The van der Waals surface area contributed by atoms with Gasteiger partial charge in [-0.1, -0.05) is 71.4 Å². The number of anilines is 1. The number of fused-ring (bicyclic) bond motifs is 1. The second-order valence-electron chi connectivity index (χ2n) is 8.39. The van der Waals surface area contributed by atoms with E-state index < -0.39 is 28.5 Å². The summed E-state index contributed by atoms with van der Waals surface area (Å²) in [5.74, 6) is -0.756. The van der Waals surface area contributed by atoms with Crippen LogP contribution < -0.4 is 9.62 Å². The molecule has 0 saturated heterocycles. The molecule has 0 fully saturated rings. The second-order valence-corrected chi connectivity index (χ2v) is 11.2. The number of nitrogens with zero attached hydrogens (tertiary/aromatic N) is 2. The van der Waals surface area contributed by atoms with Gasteiger partial charge in [0.05, 0.1) is 11.9 Å². The first-order valence-corrected chi connectivity index (χ1v) is 14.0. The predicted octanol–water partition coefficient (Wildman–Crippen LogP) is 4.31. The molecule has 0 radical (unpaired) electrons. The first kappa shape index (κ1) is 26.7. The fraction of sp³-hybridized carbons (Fsp3) is 0.308. The maximum Gasteiger partial charge on any atom is 0.244 e. The highest BCUT2D eigenvalue weighted by Gasteiger charge is 2.30. The van der Waals surface area contributed by atoms with Gasteiger partial charge in [-0.25, -0.2) is 8.42 Å². The number of nitrogens with one attached hydrogen (secondary N) is 1. The van der Waals surface area contributed by atoms with E-state index in [2.05, 4.69) is 21.2 Å². The van der Waals surface area contributed by atoms with Gasteiger partial charge < -0.3 is 10.2 Å². The highest BCUT2D eigenvalue weighted by atomic mass is 79.9. The van der Waals surface area contributed by atoms with Gasteiger partial charge in [0.2, 0.25) is 21.8 Å². The summed E-state index contributed by atoms with van der Waals surface area (Å²) in [5.41, 5.74) is 1.24. The van der Waals surface area contributed by atoms with Crippen molar-refractivity contribution < 1.29 is 18.0 Å². The van der Waals surface area contributed by atoms with Crippen LogP contribution in [0.1, 0.15) is 25.8 Å². The minimum atomic E-state index is -3.80. The van der Waals surface area contributed by atoms with Crippen molar-refractivity contribution in [2.45, 2.75) is 32.9 Å². The number of halogens is 1. The van der Waals surface area contributed by atoms with Gasteiger partial charge >= 0.3 is 0 Å². The van der Waals surface area contributed by atoms with Crippen molar-refractivity contribution in [2.24, 2.45) is 0 Å². The van der Waals surface area contributed by atoms with E-state index in [1.165, 1.54) is 4.90 Å². The normalized spacial score (nSPS) is 12.2. The van der Waals surface area contributed by atoms with Crippen LogP contribution in [0.3, 0.4) is 0 Å². The van der Waals surface area contributed by atoms with Crippen LogP contribution in [0.5, 0.6) is 0 Å². The van der Waals surface area contributed by atoms with Crippen molar-refractivity contribution in [1.82, 2.24) is 10.2 Å². The van der Waals surface area contributed by atoms with Crippen LogP contribution in [-0.4, -0.2) is 50.5 Å². The maximum atomic E-state index is 13.6. The first-order valence-electron chi connectivity index (χ1n) is 11.4. The lowest BCUT2D eigenvalue weighted by Crippen LogP contribution is -2.51. The van der Waals surface area contributed by atoms with Gasteiger partial charge in [0.25, 0.3) is 0 Å². The van der Waals surface area contributed by atoms with Gasteiger partial charge in [0.15, 0.2) is 0 Å². The molecule has 0 saturated carbocycles. The molecule has 2 amide bonds. The van der Waals surface area contributed by atoms with Gasteiger partial charge in [-0.3, -0.25) is 13.9 Å². The Labute approximate surface area is 215 Å². The Balaban J connectivity index is 1.98. The van der Waals surface area contributed by atoms with Gasteiger partial charge in [0.1, 0.15) is 12.6 Å². The minimum absolute atomic E-state index is 0.159. The molecule has 0 aromatic heterocycles. The van der Waals surface area contributed by atoms with Gasteiger partial charge in [-0.05, 0) is 42.5 Å². The number of amides is 2. The maximum absolute atomic E-state index is 13.6. The van der Waals surface area contributed by atoms with Crippen LogP contribution in [0, 0.1) is 0 Å². The lowest BCUT2D eigenvalue weighted by molar-refractivity contribution is -0.139. The average molecular weight is 561 g/mol. The van der Waals surface area contributed by atoms with Crippen molar-refractivity contribution in [3.05, 3.63) is 76.8 Å². The van der Waals surface area contributed by atoms with E-state index >= 15 is 0 Å². The van der Waals surface area contributed by atoms with E-state index in [4.69, 9.17) is 0 Å². The molecule has 0 aliphatic rings. The summed E-state index contributed by atoms with van der Waals surface area (Å²) in [6.45, 7) is 3.83. The monoisotopic (exact) mass is 559 g/mol. The van der Waals surface area contributed by atoms with E-state index in [1.807, 2.05) is 61.5 Å². The fourth-order valence-corrected chi connectivity index (χ4v) is 5.14. The molecule has 9 heteroatoms. The van der Waals surface area contributed by atoms with Gasteiger partial charge in [0, 0.05) is 22.9 Å². The Morgan fingerprint density at radius 2 is 1.71 bits per heavy atom. The molecule has 0 unspecified atom stereocenters. The number of rotatable bonds is 10. The quantitative estimate of drug-likeness (QED) is 0.401. The number of carbonyl (C=O) groups excluding carboxylic acids is 2. The van der Waals surface area contributed by atoms with Crippen molar-refractivity contribution in [1.29, 1.82) is 0 Å². The molecule has 3 aromatic carbocycles. The summed E-state index contributed by atoms with van der Waals surface area (Å²) >= 11 is 3.44. The SMILES string of the molecule is CCCNC(=O)[C@@H](C)N(Cc1cccc(Br)c1)C(=O)CN(c1cccc2ccccc12)S(C)(=O)=O. The summed E-state index contributed by atoms with van der Waals surface area (Å²) in [5, 5.41) is 4.42. The molecular formula is C26H30BrN3O4S. The third kappa shape index (κ3) is 6.82. The third-order valence-corrected chi connectivity index (χ3v) is 7.29. The van der Waals surface area contributed by atoms with E-state index in [0.717, 1.165) is 37.8 Å². The Kier molecular flexibility index (Phi) is 8.91. The number of sulfonamides is 1. The molecular weight excluding hydrogens is 530 g/mol. The molecule has 0 aliphatic heterocycles. The Hall–Kier alpha value is -2.91.